The topological polar surface area (TPSA) is 115 Å². The lowest BCUT2D eigenvalue weighted by molar-refractivity contribution is 0.101. The van der Waals surface area contributed by atoms with Gasteiger partial charge in [-0.2, -0.15) is 10.1 Å². The van der Waals surface area contributed by atoms with Crippen LogP contribution >= 0.6 is 0 Å². The highest BCUT2D eigenvalue weighted by atomic mass is 16.1. The van der Waals surface area contributed by atoms with Gasteiger partial charge >= 0.3 is 0 Å². The van der Waals surface area contributed by atoms with Crippen LogP contribution in [-0.4, -0.2) is 104 Å². The molecule has 0 saturated carbocycles. The molecule has 0 aromatic carbocycles. The van der Waals surface area contributed by atoms with Gasteiger partial charge in [0.15, 0.2) is 17.3 Å². The standard InChI is InChI=1S/C24H32N10O/c1-15-19(16(2)35)20(17-12-26-34(14-17)11-6-31(3)4)21(27-15)23-28-18-13-25-24(30-22(18)29-23)33-9-7-32(5)8-10-33/h12-14,27H,6-11H2,1-5H3,(H,25,28,29,30). The summed E-state index contributed by atoms with van der Waals surface area (Å²) in [7, 11) is 6.19. The van der Waals surface area contributed by atoms with Gasteiger partial charge in [0.1, 0.15) is 5.52 Å². The minimum absolute atomic E-state index is 0.00528. The van der Waals surface area contributed by atoms with Crippen LogP contribution in [0.3, 0.4) is 0 Å². The van der Waals surface area contributed by atoms with Crippen molar-refractivity contribution in [1.82, 2.24) is 44.5 Å². The molecule has 5 heterocycles. The first-order valence-electron chi connectivity index (χ1n) is 11.9. The van der Waals surface area contributed by atoms with E-state index in [4.69, 9.17) is 9.97 Å². The van der Waals surface area contributed by atoms with E-state index in [2.05, 4.69) is 41.8 Å². The Morgan fingerprint density at radius 2 is 1.89 bits per heavy atom. The molecule has 1 aliphatic rings. The van der Waals surface area contributed by atoms with E-state index in [0.29, 0.717) is 23.0 Å². The first-order chi connectivity index (χ1) is 16.8. The summed E-state index contributed by atoms with van der Waals surface area (Å²) in [6.07, 6.45) is 5.57. The SMILES string of the molecule is CC(=O)c1c(C)[nH]c(-c2nc3nc(N4CCN(C)CC4)ncc3[nH]2)c1-c1cnn(CCN(C)C)c1. The molecule has 11 nitrogen and oxygen atoms in total. The third kappa shape index (κ3) is 4.56. The average Bonchev–Trinajstić information content (AvgIpc) is 3.53. The molecule has 4 aromatic heterocycles. The number of likely N-dealkylation sites (N-methyl/N-ethyl adjacent to an activating group) is 2. The number of carbonyl (C=O) groups excluding carboxylic acids is 1. The predicted molar refractivity (Wildman–Crippen MR) is 136 cm³/mol. The monoisotopic (exact) mass is 476 g/mol. The van der Waals surface area contributed by atoms with Gasteiger partial charge in [0.05, 0.1) is 24.6 Å². The molecule has 0 aliphatic carbocycles. The van der Waals surface area contributed by atoms with Crippen LogP contribution in [0.1, 0.15) is 23.0 Å². The Labute approximate surface area is 204 Å². The fourth-order valence-electron chi connectivity index (χ4n) is 4.52. The summed E-state index contributed by atoms with van der Waals surface area (Å²) >= 11 is 0. The number of rotatable bonds is 7. The van der Waals surface area contributed by atoms with Crippen molar-refractivity contribution in [2.45, 2.75) is 20.4 Å². The molecule has 0 bridgehead atoms. The Kier molecular flexibility index (Phi) is 6.12. The molecule has 0 unspecified atom stereocenters. The quantitative estimate of drug-likeness (QED) is 0.390. The van der Waals surface area contributed by atoms with E-state index in [9.17, 15) is 4.79 Å². The largest absolute Gasteiger partial charge is 0.355 e. The van der Waals surface area contributed by atoms with Crippen LogP contribution in [0.4, 0.5) is 5.95 Å². The van der Waals surface area contributed by atoms with Crippen molar-refractivity contribution < 1.29 is 4.79 Å². The van der Waals surface area contributed by atoms with Gasteiger partial charge in [0.25, 0.3) is 0 Å². The van der Waals surface area contributed by atoms with Gasteiger partial charge in [-0.3, -0.25) is 9.48 Å². The van der Waals surface area contributed by atoms with Crippen molar-refractivity contribution in [2.75, 3.05) is 58.8 Å². The number of carbonyl (C=O) groups is 1. The summed E-state index contributed by atoms with van der Waals surface area (Å²) in [5.74, 6) is 1.31. The van der Waals surface area contributed by atoms with E-state index in [1.54, 1.807) is 13.1 Å². The van der Waals surface area contributed by atoms with Crippen molar-refractivity contribution in [1.29, 1.82) is 0 Å². The van der Waals surface area contributed by atoms with Crippen molar-refractivity contribution >= 4 is 22.9 Å². The van der Waals surface area contributed by atoms with E-state index in [0.717, 1.165) is 67.3 Å². The number of piperazine rings is 1. The molecule has 1 fully saturated rings. The predicted octanol–water partition coefficient (Wildman–Crippen LogP) is 2.04. The van der Waals surface area contributed by atoms with Crippen LogP contribution in [0.2, 0.25) is 0 Å². The third-order valence-corrected chi connectivity index (χ3v) is 6.49. The molecule has 1 saturated heterocycles. The van der Waals surface area contributed by atoms with Crippen molar-refractivity contribution in [3.63, 3.8) is 0 Å². The molecule has 0 atom stereocenters. The Bertz CT molecular complexity index is 1360. The average molecular weight is 477 g/mol. The number of nitrogens with one attached hydrogen (secondary N) is 2. The van der Waals surface area contributed by atoms with Crippen LogP contribution < -0.4 is 4.90 Å². The van der Waals surface area contributed by atoms with Gasteiger partial charge in [-0.1, -0.05) is 0 Å². The summed E-state index contributed by atoms with van der Waals surface area (Å²) in [5, 5.41) is 4.52. The second-order valence-electron chi connectivity index (χ2n) is 9.51. The van der Waals surface area contributed by atoms with Gasteiger partial charge in [-0.05, 0) is 35.0 Å². The highest BCUT2D eigenvalue weighted by molar-refractivity contribution is 6.05. The summed E-state index contributed by atoms with van der Waals surface area (Å²) in [6, 6.07) is 0. The molecule has 2 N–H and O–H groups in total. The second kappa shape index (κ2) is 9.23. The zero-order valence-corrected chi connectivity index (χ0v) is 21.0. The number of ketones is 1. The van der Waals surface area contributed by atoms with Crippen LogP contribution in [0.15, 0.2) is 18.6 Å². The minimum Gasteiger partial charge on any atom is -0.355 e. The van der Waals surface area contributed by atoms with Crippen LogP contribution in [0.5, 0.6) is 0 Å². The van der Waals surface area contributed by atoms with Crippen molar-refractivity contribution in [3.05, 3.63) is 29.8 Å². The lowest BCUT2D eigenvalue weighted by Gasteiger charge is -2.32. The molecule has 0 radical (unpaired) electrons. The Morgan fingerprint density at radius 3 is 2.60 bits per heavy atom. The molecular formula is C24H32N10O. The van der Waals surface area contributed by atoms with Crippen molar-refractivity contribution in [3.8, 4) is 22.6 Å². The zero-order valence-electron chi connectivity index (χ0n) is 21.0. The summed E-state index contributed by atoms with van der Waals surface area (Å²) in [5.41, 5.74) is 5.23. The molecule has 5 rings (SSSR count). The van der Waals surface area contributed by atoms with Gasteiger partial charge in [-0.15, -0.1) is 0 Å². The lowest BCUT2D eigenvalue weighted by Crippen LogP contribution is -2.45. The molecule has 35 heavy (non-hydrogen) atoms. The van der Waals surface area contributed by atoms with Crippen LogP contribution in [0.25, 0.3) is 33.8 Å². The summed E-state index contributed by atoms with van der Waals surface area (Å²) in [6.45, 7) is 8.87. The Morgan fingerprint density at radius 1 is 1.11 bits per heavy atom. The molecular weight excluding hydrogens is 444 g/mol. The maximum atomic E-state index is 12.6. The van der Waals surface area contributed by atoms with Crippen LogP contribution in [-0.2, 0) is 6.54 Å². The number of aromatic nitrogens is 7. The van der Waals surface area contributed by atoms with E-state index >= 15 is 0 Å². The number of H-pyrrole nitrogens is 2. The normalized spacial score (nSPS) is 15.0. The first-order valence-corrected chi connectivity index (χ1v) is 11.9. The van der Waals surface area contributed by atoms with Gasteiger partial charge < -0.3 is 24.7 Å². The fraction of sp³-hybridized carbons (Fsp3) is 0.458. The van der Waals surface area contributed by atoms with Gasteiger partial charge in [0.2, 0.25) is 5.95 Å². The maximum Gasteiger partial charge on any atom is 0.227 e. The fourth-order valence-corrected chi connectivity index (χ4v) is 4.52. The van der Waals surface area contributed by atoms with E-state index in [-0.39, 0.29) is 5.78 Å². The number of aryl methyl sites for hydroxylation is 1. The number of anilines is 1. The van der Waals surface area contributed by atoms with Gasteiger partial charge in [0, 0.05) is 61.3 Å². The lowest BCUT2D eigenvalue weighted by atomic mass is 10.0. The summed E-state index contributed by atoms with van der Waals surface area (Å²) in [4.78, 5) is 40.1. The van der Waals surface area contributed by atoms with E-state index < -0.39 is 0 Å². The smallest absolute Gasteiger partial charge is 0.227 e. The minimum atomic E-state index is -0.00528. The number of aromatic amines is 2. The molecule has 1 aliphatic heterocycles. The molecule has 184 valence electrons. The molecule has 11 heteroatoms. The molecule has 4 aromatic rings. The van der Waals surface area contributed by atoms with Crippen LogP contribution in [0, 0.1) is 6.92 Å². The molecule has 0 amide bonds. The zero-order chi connectivity index (χ0) is 24.7. The maximum absolute atomic E-state index is 12.6. The van der Waals surface area contributed by atoms with Gasteiger partial charge in [-0.25, -0.2) is 9.97 Å². The third-order valence-electron chi connectivity index (χ3n) is 6.49. The molecule has 0 spiro atoms. The number of hydrogen-bond acceptors (Lipinski definition) is 8. The Balaban J connectivity index is 1.53. The number of fused-ring (bicyclic) bond motifs is 1. The number of hydrogen-bond donors (Lipinski definition) is 2. The van der Waals surface area contributed by atoms with Crippen molar-refractivity contribution in [2.24, 2.45) is 0 Å². The van der Waals surface area contributed by atoms with E-state index in [1.807, 2.05) is 38.1 Å². The second-order valence-corrected chi connectivity index (χ2v) is 9.51. The Hall–Kier alpha value is -3.57. The highest BCUT2D eigenvalue weighted by Crippen LogP contribution is 2.36. The highest BCUT2D eigenvalue weighted by Gasteiger charge is 2.25. The number of Topliss-reactive ketones (excluding diaryl/α,β-unsaturated/α-hetero) is 1. The summed E-state index contributed by atoms with van der Waals surface area (Å²) < 4.78 is 1.90. The number of nitrogens with zero attached hydrogens (tertiary/aromatic N) is 8. The van der Waals surface area contributed by atoms with E-state index in [1.165, 1.54) is 0 Å². The number of imidazole rings is 1. The first kappa shape index (κ1) is 23.2.